The van der Waals surface area contributed by atoms with E-state index in [1.54, 1.807) is 39.0 Å². The van der Waals surface area contributed by atoms with Crippen LogP contribution < -0.4 is 0 Å². The molecule has 0 radical (unpaired) electrons. The Morgan fingerprint density at radius 1 is 1.44 bits per heavy atom. The Kier molecular flexibility index (Phi) is 4.23. The van der Waals surface area contributed by atoms with Gasteiger partial charge in [-0.3, -0.25) is 4.79 Å². The number of esters is 1. The molecule has 0 aromatic heterocycles. The average molecular weight is 344 g/mol. The SMILES string of the molecule is C/C=C(\C)C(=O)O[C@@H]1C2=C(C)C(O)OC2=CC2=CC(=O)C[C@H](C)[C@]21C. The molecule has 0 aromatic rings. The van der Waals surface area contributed by atoms with Crippen LogP contribution in [0.3, 0.4) is 0 Å². The van der Waals surface area contributed by atoms with Gasteiger partial charge in [-0.15, -0.1) is 0 Å². The molecule has 3 rings (SSSR count). The highest BCUT2D eigenvalue weighted by molar-refractivity contribution is 5.93. The summed E-state index contributed by atoms with van der Waals surface area (Å²) >= 11 is 0. The Morgan fingerprint density at radius 3 is 2.76 bits per heavy atom. The number of rotatable bonds is 2. The average Bonchev–Trinajstić information content (AvgIpc) is 2.83. The lowest BCUT2D eigenvalue weighted by molar-refractivity contribution is -0.149. The Labute approximate surface area is 147 Å². The Hall–Kier alpha value is -2.14. The smallest absolute Gasteiger partial charge is 0.334 e. The van der Waals surface area contributed by atoms with Gasteiger partial charge < -0.3 is 14.6 Å². The lowest BCUT2D eigenvalue weighted by Crippen LogP contribution is -2.48. The van der Waals surface area contributed by atoms with Crippen LogP contribution in [0.5, 0.6) is 0 Å². The number of hydrogen-bond donors (Lipinski definition) is 1. The zero-order valence-corrected chi connectivity index (χ0v) is 15.3. The molecule has 0 fully saturated rings. The normalized spacial score (nSPS) is 34.7. The van der Waals surface area contributed by atoms with Crippen molar-refractivity contribution < 1.29 is 24.2 Å². The third kappa shape index (κ3) is 2.58. The van der Waals surface area contributed by atoms with Gasteiger partial charge in [-0.2, -0.15) is 0 Å². The number of aliphatic hydroxyl groups is 1. The molecule has 1 unspecified atom stereocenters. The molecule has 0 bridgehead atoms. The number of ketones is 1. The molecular weight excluding hydrogens is 320 g/mol. The monoisotopic (exact) mass is 344 g/mol. The number of ether oxygens (including phenoxy) is 2. The van der Waals surface area contributed by atoms with E-state index in [0.717, 1.165) is 5.57 Å². The first-order valence-corrected chi connectivity index (χ1v) is 8.56. The van der Waals surface area contributed by atoms with Crippen LogP contribution in [0.25, 0.3) is 0 Å². The van der Waals surface area contributed by atoms with E-state index in [4.69, 9.17) is 9.47 Å². The third-order valence-electron chi connectivity index (χ3n) is 5.84. The first-order chi connectivity index (χ1) is 11.7. The molecule has 25 heavy (non-hydrogen) atoms. The summed E-state index contributed by atoms with van der Waals surface area (Å²) in [4.78, 5) is 24.5. The van der Waals surface area contributed by atoms with Crippen LogP contribution in [0.1, 0.15) is 41.0 Å². The molecule has 1 heterocycles. The summed E-state index contributed by atoms with van der Waals surface area (Å²) in [5.74, 6) is 0.112. The fourth-order valence-electron chi connectivity index (χ4n) is 3.78. The number of aliphatic hydroxyl groups excluding tert-OH is 1. The van der Waals surface area contributed by atoms with Crippen LogP contribution in [-0.4, -0.2) is 29.3 Å². The van der Waals surface area contributed by atoms with E-state index in [9.17, 15) is 14.7 Å². The molecule has 2 aliphatic carbocycles. The van der Waals surface area contributed by atoms with Crippen LogP contribution in [0.2, 0.25) is 0 Å². The van der Waals surface area contributed by atoms with Crippen molar-refractivity contribution in [2.75, 3.05) is 0 Å². The van der Waals surface area contributed by atoms with Crippen LogP contribution in [-0.2, 0) is 19.1 Å². The summed E-state index contributed by atoms with van der Waals surface area (Å²) in [7, 11) is 0. The lowest BCUT2D eigenvalue weighted by atomic mass is 9.59. The molecule has 0 saturated carbocycles. The molecule has 1 aliphatic heterocycles. The van der Waals surface area contributed by atoms with E-state index in [-0.39, 0.29) is 11.7 Å². The maximum Gasteiger partial charge on any atom is 0.334 e. The van der Waals surface area contributed by atoms with Crippen LogP contribution in [0.4, 0.5) is 0 Å². The van der Waals surface area contributed by atoms with Gasteiger partial charge in [0.05, 0.1) is 0 Å². The quantitative estimate of drug-likeness (QED) is 0.616. The minimum absolute atomic E-state index is 0.0143. The summed E-state index contributed by atoms with van der Waals surface area (Å²) in [5.41, 5.74) is 2.11. The summed E-state index contributed by atoms with van der Waals surface area (Å²) in [6, 6.07) is 0. The Balaban J connectivity index is 2.17. The van der Waals surface area contributed by atoms with Crippen LogP contribution in [0.15, 0.2) is 46.3 Å². The number of allylic oxidation sites excluding steroid dienone is 3. The first-order valence-electron chi connectivity index (χ1n) is 8.56. The van der Waals surface area contributed by atoms with E-state index >= 15 is 0 Å². The van der Waals surface area contributed by atoms with Crippen LogP contribution in [0, 0.1) is 11.3 Å². The van der Waals surface area contributed by atoms with E-state index in [1.165, 1.54) is 0 Å². The predicted octanol–water partition coefficient (Wildman–Crippen LogP) is 2.97. The van der Waals surface area contributed by atoms with Gasteiger partial charge in [-0.05, 0) is 44.4 Å². The number of carbonyl (C=O) groups is 2. The fourth-order valence-corrected chi connectivity index (χ4v) is 3.78. The van der Waals surface area contributed by atoms with Gasteiger partial charge in [0.25, 0.3) is 0 Å². The third-order valence-corrected chi connectivity index (χ3v) is 5.84. The van der Waals surface area contributed by atoms with Gasteiger partial charge in [0.15, 0.2) is 5.78 Å². The molecule has 5 nitrogen and oxygen atoms in total. The molecule has 5 heteroatoms. The molecule has 1 N–H and O–H groups in total. The molecule has 0 aromatic carbocycles. The van der Waals surface area contributed by atoms with Crippen molar-refractivity contribution in [2.45, 2.75) is 53.4 Å². The van der Waals surface area contributed by atoms with Crippen LogP contribution >= 0.6 is 0 Å². The zero-order chi connectivity index (χ0) is 18.5. The zero-order valence-electron chi connectivity index (χ0n) is 15.3. The molecule has 0 amide bonds. The number of hydrogen-bond acceptors (Lipinski definition) is 5. The lowest BCUT2D eigenvalue weighted by Gasteiger charge is -2.47. The van der Waals surface area contributed by atoms with Gasteiger partial charge in [0, 0.05) is 28.6 Å². The van der Waals surface area contributed by atoms with E-state index in [1.807, 2.05) is 13.8 Å². The maximum absolute atomic E-state index is 12.5. The highest BCUT2D eigenvalue weighted by atomic mass is 16.6. The second-order valence-electron chi connectivity index (χ2n) is 7.29. The van der Waals surface area contributed by atoms with Gasteiger partial charge in [-0.25, -0.2) is 4.79 Å². The maximum atomic E-state index is 12.5. The molecular formula is C20H24O5. The molecule has 4 atom stereocenters. The Bertz CT molecular complexity index is 767. The summed E-state index contributed by atoms with van der Waals surface area (Å²) in [5, 5.41) is 10.1. The van der Waals surface area contributed by atoms with E-state index < -0.39 is 23.8 Å². The minimum atomic E-state index is -1.05. The van der Waals surface area contributed by atoms with Crippen molar-refractivity contribution in [1.82, 2.24) is 0 Å². The van der Waals surface area contributed by atoms with Gasteiger partial charge in [0.2, 0.25) is 6.29 Å². The second-order valence-corrected chi connectivity index (χ2v) is 7.29. The number of fused-ring (bicyclic) bond motifs is 2. The van der Waals surface area contributed by atoms with Crippen molar-refractivity contribution in [3.63, 3.8) is 0 Å². The molecule has 0 saturated heterocycles. The van der Waals surface area contributed by atoms with Gasteiger partial charge in [0.1, 0.15) is 11.9 Å². The molecule has 0 spiro atoms. The number of carbonyl (C=O) groups excluding carboxylic acids is 2. The fraction of sp³-hybridized carbons (Fsp3) is 0.500. The highest BCUT2D eigenvalue weighted by Crippen LogP contribution is 2.54. The van der Waals surface area contributed by atoms with Crippen molar-refractivity contribution in [1.29, 1.82) is 0 Å². The largest absolute Gasteiger partial charge is 0.461 e. The predicted molar refractivity (Wildman–Crippen MR) is 92.2 cm³/mol. The van der Waals surface area contributed by atoms with Crippen molar-refractivity contribution in [2.24, 2.45) is 11.3 Å². The summed E-state index contributed by atoms with van der Waals surface area (Å²) in [6.45, 7) is 9.27. The van der Waals surface area contributed by atoms with Crippen molar-refractivity contribution in [3.8, 4) is 0 Å². The second kappa shape index (κ2) is 5.99. The van der Waals surface area contributed by atoms with Gasteiger partial charge in [-0.1, -0.05) is 19.9 Å². The Morgan fingerprint density at radius 2 is 2.12 bits per heavy atom. The molecule has 134 valence electrons. The molecule has 3 aliphatic rings. The van der Waals surface area contributed by atoms with Crippen molar-refractivity contribution >= 4 is 11.8 Å². The van der Waals surface area contributed by atoms with Gasteiger partial charge >= 0.3 is 5.97 Å². The van der Waals surface area contributed by atoms with E-state index in [0.29, 0.717) is 28.9 Å². The standard InChI is InChI=1S/C20H24O5/c1-6-10(2)18(22)25-17-16-12(4)19(23)24-15(16)9-13-8-14(21)7-11(3)20(13,17)5/h6,8-9,11,17,19,23H,7H2,1-5H3/b10-6+/t11-,17+,19?,20+/m0/s1. The highest BCUT2D eigenvalue weighted by Gasteiger charge is 2.54. The van der Waals surface area contributed by atoms with Crippen molar-refractivity contribution in [3.05, 3.63) is 46.3 Å². The topological polar surface area (TPSA) is 72.8 Å². The van der Waals surface area contributed by atoms with E-state index in [2.05, 4.69) is 0 Å². The summed E-state index contributed by atoms with van der Waals surface area (Å²) < 4.78 is 11.4. The summed E-state index contributed by atoms with van der Waals surface area (Å²) in [6.07, 6.45) is 3.85. The minimum Gasteiger partial charge on any atom is -0.461 e. The first kappa shape index (κ1) is 17.7.